The lowest BCUT2D eigenvalue weighted by atomic mass is 9.67. The van der Waals surface area contributed by atoms with Gasteiger partial charge in [-0.25, -0.2) is 0 Å². The Kier molecular flexibility index (Phi) is 20.4. The summed E-state index contributed by atoms with van der Waals surface area (Å²) >= 11 is 6.99. The van der Waals surface area contributed by atoms with E-state index in [4.69, 9.17) is 18.9 Å². The van der Waals surface area contributed by atoms with Crippen LogP contribution in [0.2, 0.25) is 0 Å². The fraction of sp³-hybridized carbons (Fsp3) is 0.429. The molecule has 0 spiro atoms. The number of benzene rings is 4. The van der Waals surface area contributed by atoms with Crippen LogP contribution in [0.5, 0.6) is 0 Å². The quantitative estimate of drug-likeness (QED) is 0.0296. The van der Waals surface area contributed by atoms with Crippen LogP contribution in [0.4, 0.5) is 0 Å². The van der Waals surface area contributed by atoms with E-state index in [1.807, 2.05) is 22.7 Å². The third-order valence-electron chi connectivity index (χ3n) is 16.4. The van der Waals surface area contributed by atoms with Crippen molar-refractivity contribution in [3.63, 3.8) is 0 Å². The molecular formula is C70H80O6S4. The van der Waals surface area contributed by atoms with Gasteiger partial charge in [0.2, 0.25) is 0 Å². The van der Waals surface area contributed by atoms with Crippen LogP contribution in [0.15, 0.2) is 109 Å². The third kappa shape index (κ3) is 11.9. The molecule has 420 valence electrons. The molecule has 0 N–H and O–H groups in total. The van der Waals surface area contributed by atoms with E-state index in [2.05, 4.69) is 137 Å². The fourth-order valence-corrected chi connectivity index (χ4v) is 17.7. The van der Waals surface area contributed by atoms with Gasteiger partial charge >= 0.3 is 0 Å². The van der Waals surface area contributed by atoms with Crippen LogP contribution in [0.3, 0.4) is 0 Å². The van der Waals surface area contributed by atoms with Crippen LogP contribution in [-0.2, 0) is 56.2 Å². The Labute approximate surface area is 491 Å². The number of thiophene rings is 4. The average Bonchev–Trinajstić information content (AvgIpc) is 3.77. The first kappa shape index (κ1) is 58.3. The molecular weight excluding hydrogens is 1070 g/mol. The van der Waals surface area contributed by atoms with Crippen LogP contribution >= 0.6 is 45.3 Å². The maximum atomic E-state index is 13.0. The lowest BCUT2D eigenvalue weighted by Gasteiger charge is -2.34. The van der Waals surface area contributed by atoms with Gasteiger partial charge in [-0.1, -0.05) is 202 Å². The molecule has 6 nitrogen and oxygen atoms in total. The van der Waals surface area contributed by atoms with Gasteiger partial charge in [-0.2, -0.15) is 0 Å². The Morgan fingerprint density at radius 3 is 0.875 bits per heavy atom. The van der Waals surface area contributed by atoms with E-state index in [0.29, 0.717) is 26.4 Å². The number of carbonyl (C=O) groups excluding carboxylic acids is 2. The second kappa shape index (κ2) is 27.9. The van der Waals surface area contributed by atoms with Crippen molar-refractivity contribution in [1.82, 2.24) is 0 Å². The fourth-order valence-electron chi connectivity index (χ4n) is 12.3. The molecule has 0 amide bonds. The van der Waals surface area contributed by atoms with Crippen molar-refractivity contribution in [2.75, 3.05) is 26.4 Å². The number of fused-ring (bicyclic) bond motifs is 9. The van der Waals surface area contributed by atoms with Crippen molar-refractivity contribution in [2.45, 2.75) is 168 Å². The molecule has 4 aromatic carbocycles. The lowest BCUT2D eigenvalue weighted by Crippen LogP contribution is -2.29. The Hall–Kier alpha value is -4.88. The minimum Gasteiger partial charge on any atom is -0.377 e. The van der Waals surface area contributed by atoms with E-state index in [-0.39, 0.29) is 0 Å². The number of hydrogen-bond acceptors (Lipinski definition) is 10. The molecule has 4 aromatic heterocycles. The van der Waals surface area contributed by atoms with E-state index >= 15 is 0 Å². The summed E-state index contributed by atoms with van der Waals surface area (Å²) in [7, 11) is 0. The van der Waals surface area contributed by atoms with E-state index in [9.17, 15) is 9.59 Å². The molecule has 0 unspecified atom stereocenters. The molecule has 8 aromatic rings. The second-order valence-electron chi connectivity index (χ2n) is 22.0. The van der Waals surface area contributed by atoms with Crippen molar-refractivity contribution < 1.29 is 28.5 Å². The smallest absolute Gasteiger partial charge is 0.160 e. The minimum absolute atomic E-state index is 0.561. The Balaban J connectivity index is 1.14. The number of rotatable bonds is 34. The Morgan fingerprint density at radius 1 is 0.350 bits per heavy atom. The van der Waals surface area contributed by atoms with Gasteiger partial charge in [0, 0.05) is 37.6 Å². The molecule has 10 rings (SSSR count). The predicted molar refractivity (Wildman–Crippen MR) is 336 cm³/mol. The van der Waals surface area contributed by atoms with Crippen molar-refractivity contribution >= 4 is 67.3 Å². The summed E-state index contributed by atoms with van der Waals surface area (Å²) in [5.74, 6) is 0. The van der Waals surface area contributed by atoms with Crippen molar-refractivity contribution in [3.8, 4) is 19.5 Å². The molecule has 0 saturated heterocycles. The van der Waals surface area contributed by atoms with Crippen molar-refractivity contribution in [2.24, 2.45) is 0 Å². The van der Waals surface area contributed by atoms with E-state index < -0.39 is 10.8 Å². The Morgan fingerprint density at radius 2 is 0.625 bits per heavy atom. The molecule has 10 heteroatoms. The zero-order chi connectivity index (χ0) is 55.3. The summed E-state index contributed by atoms with van der Waals surface area (Å²) in [6.07, 6.45) is 20.8. The zero-order valence-electron chi connectivity index (χ0n) is 47.6. The molecule has 80 heavy (non-hydrogen) atoms. The first-order chi connectivity index (χ1) is 39.4. The zero-order valence-corrected chi connectivity index (χ0v) is 50.9. The van der Waals surface area contributed by atoms with Crippen LogP contribution < -0.4 is 0 Å². The minimum atomic E-state index is -0.746. The summed E-state index contributed by atoms with van der Waals surface area (Å²) in [6, 6.07) is 40.8. The number of hydrogen-bond donors (Lipinski definition) is 0. The number of aldehydes is 2. The Bertz CT molecular complexity index is 2920. The van der Waals surface area contributed by atoms with Gasteiger partial charge in [0.15, 0.2) is 12.6 Å². The summed E-state index contributed by atoms with van der Waals surface area (Å²) in [6.45, 7) is 14.2. The van der Waals surface area contributed by atoms with Gasteiger partial charge in [0.05, 0.1) is 75.9 Å². The van der Waals surface area contributed by atoms with Crippen LogP contribution in [0.25, 0.3) is 28.9 Å². The molecule has 0 radical (unpaired) electrons. The summed E-state index contributed by atoms with van der Waals surface area (Å²) in [5, 5.41) is 0. The summed E-state index contributed by atoms with van der Waals surface area (Å²) in [5.41, 5.74) is 12.6. The highest BCUT2D eigenvalue weighted by atomic mass is 32.1. The van der Waals surface area contributed by atoms with E-state index in [1.54, 1.807) is 22.7 Å². The van der Waals surface area contributed by atoms with Gasteiger partial charge in [-0.3, -0.25) is 9.59 Å². The molecule has 0 aliphatic heterocycles. The number of carbonyl (C=O) groups is 2. The van der Waals surface area contributed by atoms with E-state index in [1.165, 1.54) is 107 Å². The standard InChI is InChI=1S/C70H80O6S4/c1-5-9-13-17-37-73-45-49-21-29-53(30-22-49)69(54-31-23-50(24-32-54)46-74-38-18-14-10-6-2)59-41-57(43-71)77-63(59)65-61(69)67-68(79-65)62-66(80-67)64-60(42-58(44-72)78-64)70(62,55-33-25-51(26-34-55)47-75-39-19-15-11-7-3)56-35-27-52(28-36-56)48-76-40-20-16-12-8-4/h21-36,41-44H,5-20,37-40,45-48H2,1-4H3. The highest BCUT2D eigenvalue weighted by molar-refractivity contribution is 7.34. The molecule has 4 heterocycles. The molecule has 0 fully saturated rings. The molecule has 0 bridgehead atoms. The lowest BCUT2D eigenvalue weighted by molar-refractivity contribution is 0.111. The van der Waals surface area contributed by atoms with Gasteiger partial charge < -0.3 is 18.9 Å². The van der Waals surface area contributed by atoms with Crippen molar-refractivity contribution in [1.29, 1.82) is 0 Å². The number of unbranched alkanes of at least 4 members (excludes halogenated alkanes) is 12. The second-order valence-corrected chi connectivity index (χ2v) is 26.2. The largest absolute Gasteiger partial charge is 0.377 e. The van der Waals surface area contributed by atoms with Crippen molar-refractivity contribution in [3.05, 3.63) is 186 Å². The molecule has 2 aliphatic carbocycles. The SMILES string of the molecule is CCCCCCOCc1ccc(C2(c3ccc(COCCCCCC)cc3)c3cc(C=O)sc3-c3sc4c5c(sc4c32)-c2sc(C=O)cc2C5(c2ccc(COCCCCCC)cc2)c2ccc(COCCCCCC)cc2)cc1. The topological polar surface area (TPSA) is 71.1 Å². The first-order valence-corrected chi connectivity index (χ1v) is 33.2. The summed E-state index contributed by atoms with van der Waals surface area (Å²) in [4.78, 5) is 32.2. The predicted octanol–water partition coefficient (Wildman–Crippen LogP) is 19.8. The summed E-state index contributed by atoms with van der Waals surface area (Å²) < 4.78 is 27.5. The normalized spacial score (nSPS) is 13.7. The van der Waals surface area contributed by atoms with Crippen LogP contribution in [0.1, 0.15) is 217 Å². The average molecular weight is 1150 g/mol. The monoisotopic (exact) mass is 1140 g/mol. The third-order valence-corrected chi connectivity index (χ3v) is 21.4. The molecule has 2 aliphatic rings. The highest BCUT2D eigenvalue weighted by Crippen LogP contribution is 2.70. The van der Waals surface area contributed by atoms with Gasteiger partial charge in [0.25, 0.3) is 0 Å². The van der Waals surface area contributed by atoms with Crippen LogP contribution in [0, 0.1) is 0 Å². The number of ether oxygens (including phenoxy) is 4. The van der Waals surface area contributed by atoms with Crippen LogP contribution in [-0.4, -0.2) is 39.0 Å². The maximum absolute atomic E-state index is 13.0. The van der Waals surface area contributed by atoms with Gasteiger partial charge in [-0.15, -0.1) is 45.3 Å². The van der Waals surface area contributed by atoms with Gasteiger partial charge in [-0.05, 0) is 93.5 Å². The first-order valence-electron chi connectivity index (χ1n) is 29.9. The highest BCUT2D eigenvalue weighted by Gasteiger charge is 2.55. The molecule has 0 atom stereocenters. The van der Waals surface area contributed by atoms with E-state index in [0.717, 1.165) is 140 Å². The molecule has 0 saturated carbocycles. The van der Waals surface area contributed by atoms with Gasteiger partial charge in [0.1, 0.15) is 0 Å². The maximum Gasteiger partial charge on any atom is 0.160 e.